The quantitative estimate of drug-likeness (QED) is 0.535. The van der Waals surface area contributed by atoms with Crippen LogP contribution >= 0.6 is 0 Å². The van der Waals surface area contributed by atoms with Crippen LogP contribution in [-0.2, 0) is 14.8 Å². The Morgan fingerprint density at radius 2 is 1.68 bits per heavy atom. The fourth-order valence-electron chi connectivity index (χ4n) is 4.04. The van der Waals surface area contributed by atoms with Gasteiger partial charge >= 0.3 is 0 Å². The van der Waals surface area contributed by atoms with E-state index in [0.29, 0.717) is 43.5 Å². The third-order valence-corrected chi connectivity index (χ3v) is 7.82. The Labute approximate surface area is 198 Å². The van der Waals surface area contributed by atoms with Crippen LogP contribution in [0.15, 0.2) is 65.6 Å². The number of amides is 1. The lowest BCUT2D eigenvalue weighted by Gasteiger charge is -2.33. The standard InChI is InChI=1S/C25H25N3O5S/c29-25(11-8-20-7-6-19-4-1-2-5-22(19)26-20)27-12-14-28(15-13-27)34(30,31)21-9-10-23-24(18-21)33-17-3-16-32-23/h1-2,4-11,18H,3,12-17H2. The summed E-state index contributed by atoms with van der Waals surface area (Å²) in [5.41, 5.74) is 1.56. The number of aromatic nitrogens is 1. The summed E-state index contributed by atoms with van der Waals surface area (Å²) in [4.78, 5) is 19.0. The van der Waals surface area contributed by atoms with Gasteiger partial charge in [-0.2, -0.15) is 4.31 Å². The fourth-order valence-corrected chi connectivity index (χ4v) is 5.48. The number of para-hydroxylation sites is 1. The van der Waals surface area contributed by atoms with Crippen molar-refractivity contribution in [1.29, 1.82) is 0 Å². The Morgan fingerprint density at radius 1 is 0.912 bits per heavy atom. The molecule has 2 aromatic carbocycles. The van der Waals surface area contributed by atoms with Gasteiger partial charge in [0.1, 0.15) is 0 Å². The molecule has 0 saturated carbocycles. The van der Waals surface area contributed by atoms with E-state index in [-0.39, 0.29) is 23.9 Å². The van der Waals surface area contributed by atoms with E-state index in [9.17, 15) is 13.2 Å². The molecule has 0 spiro atoms. The molecule has 34 heavy (non-hydrogen) atoms. The first-order chi connectivity index (χ1) is 16.5. The first-order valence-electron chi connectivity index (χ1n) is 11.2. The number of rotatable bonds is 4. The second kappa shape index (κ2) is 9.44. The molecule has 2 aliphatic rings. The van der Waals surface area contributed by atoms with Crippen molar-refractivity contribution < 1.29 is 22.7 Å². The zero-order chi connectivity index (χ0) is 23.5. The zero-order valence-electron chi connectivity index (χ0n) is 18.6. The molecule has 1 aromatic heterocycles. The number of carbonyl (C=O) groups is 1. The highest BCUT2D eigenvalue weighted by Crippen LogP contribution is 2.33. The molecule has 1 amide bonds. The normalized spacial score (nSPS) is 17.1. The summed E-state index contributed by atoms with van der Waals surface area (Å²) < 4.78 is 38.9. The SMILES string of the molecule is O=C(C=Cc1ccc2ccccc2n1)N1CCN(S(=O)(=O)c2ccc3c(c2)OCCCO3)CC1. The number of fused-ring (bicyclic) bond motifs is 2. The predicted octanol–water partition coefficient (Wildman–Crippen LogP) is 2.94. The lowest BCUT2D eigenvalue weighted by molar-refractivity contribution is -0.127. The van der Waals surface area contributed by atoms with Crippen LogP contribution < -0.4 is 9.47 Å². The fraction of sp³-hybridized carbons (Fsp3) is 0.280. The van der Waals surface area contributed by atoms with Gasteiger partial charge in [-0.3, -0.25) is 4.79 Å². The van der Waals surface area contributed by atoms with Crippen LogP contribution in [0.2, 0.25) is 0 Å². The van der Waals surface area contributed by atoms with Gasteiger partial charge in [-0.15, -0.1) is 0 Å². The molecule has 0 atom stereocenters. The van der Waals surface area contributed by atoms with E-state index in [1.807, 2.05) is 36.4 Å². The van der Waals surface area contributed by atoms with Gasteiger partial charge in [-0.25, -0.2) is 13.4 Å². The van der Waals surface area contributed by atoms with Crippen LogP contribution in [-0.4, -0.2) is 67.9 Å². The van der Waals surface area contributed by atoms with Crippen molar-refractivity contribution in [3.05, 3.63) is 66.4 Å². The minimum absolute atomic E-state index is 0.164. The van der Waals surface area contributed by atoms with E-state index in [1.165, 1.54) is 16.4 Å². The average molecular weight is 480 g/mol. The number of sulfonamides is 1. The van der Waals surface area contributed by atoms with Crippen LogP contribution in [0.25, 0.3) is 17.0 Å². The third-order valence-electron chi connectivity index (χ3n) is 5.92. The minimum Gasteiger partial charge on any atom is -0.490 e. The van der Waals surface area contributed by atoms with Crippen molar-refractivity contribution in [1.82, 2.24) is 14.2 Å². The number of benzene rings is 2. The lowest BCUT2D eigenvalue weighted by Crippen LogP contribution is -2.50. The molecule has 1 saturated heterocycles. The lowest BCUT2D eigenvalue weighted by atomic mass is 10.2. The van der Waals surface area contributed by atoms with Crippen LogP contribution in [0.1, 0.15) is 12.1 Å². The van der Waals surface area contributed by atoms with Crippen molar-refractivity contribution in [3.8, 4) is 11.5 Å². The molecular weight excluding hydrogens is 454 g/mol. The topological polar surface area (TPSA) is 89.0 Å². The Hall–Kier alpha value is -3.43. The first kappa shape index (κ1) is 22.4. The first-order valence-corrected chi connectivity index (χ1v) is 12.7. The Kier molecular flexibility index (Phi) is 6.21. The molecule has 8 nitrogen and oxygen atoms in total. The van der Waals surface area contributed by atoms with Crippen LogP contribution in [0.4, 0.5) is 0 Å². The van der Waals surface area contributed by atoms with Crippen molar-refractivity contribution >= 4 is 32.9 Å². The number of hydrogen-bond acceptors (Lipinski definition) is 6. The van der Waals surface area contributed by atoms with Gasteiger partial charge in [0.2, 0.25) is 15.9 Å². The van der Waals surface area contributed by atoms with Gasteiger partial charge in [0, 0.05) is 50.1 Å². The summed E-state index contributed by atoms with van der Waals surface area (Å²) in [6.07, 6.45) is 3.93. The molecule has 1 fully saturated rings. The van der Waals surface area contributed by atoms with Gasteiger partial charge < -0.3 is 14.4 Å². The molecule has 0 radical (unpaired) electrons. The van der Waals surface area contributed by atoms with Crippen molar-refractivity contribution in [2.45, 2.75) is 11.3 Å². The zero-order valence-corrected chi connectivity index (χ0v) is 19.4. The van der Waals surface area contributed by atoms with Gasteiger partial charge in [-0.1, -0.05) is 24.3 Å². The summed E-state index contributed by atoms with van der Waals surface area (Å²) in [7, 11) is -3.70. The second-order valence-electron chi connectivity index (χ2n) is 8.15. The van der Waals surface area contributed by atoms with Gasteiger partial charge in [0.25, 0.3) is 0 Å². The van der Waals surface area contributed by atoms with Crippen LogP contribution in [0.5, 0.6) is 11.5 Å². The van der Waals surface area contributed by atoms with E-state index in [2.05, 4.69) is 4.98 Å². The maximum Gasteiger partial charge on any atom is 0.246 e. The molecule has 0 aliphatic carbocycles. The Balaban J connectivity index is 1.22. The molecule has 176 valence electrons. The smallest absolute Gasteiger partial charge is 0.246 e. The van der Waals surface area contributed by atoms with E-state index < -0.39 is 10.0 Å². The summed E-state index contributed by atoms with van der Waals surface area (Å²) in [6, 6.07) is 16.3. The van der Waals surface area contributed by atoms with Crippen molar-refractivity contribution in [2.24, 2.45) is 0 Å². The van der Waals surface area contributed by atoms with E-state index in [4.69, 9.17) is 9.47 Å². The van der Waals surface area contributed by atoms with Gasteiger partial charge in [0.05, 0.1) is 29.3 Å². The number of nitrogens with zero attached hydrogens (tertiary/aromatic N) is 3. The van der Waals surface area contributed by atoms with Crippen molar-refractivity contribution in [3.63, 3.8) is 0 Å². The summed E-state index contributed by atoms with van der Waals surface area (Å²) >= 11 is 0. The summed E-state index contributed by atoms with van der Waals surface area (Å²) in [5, 5.41) is 1.04. The Bertz CT molecular complexity index is 1350. The van der Waals surface area contributed by atoms with Crippen LogP contribution in [0, 0.1) is 0 Å². The number of carbonyl (C=O) groups excluding carboxylic acids is 1. The molecule has 0 bridgehead atoms. The van der Waals surface area contributed by atoms with E-state index in [0.717, 1.165) is 17.3 Å². The maximum atomic E-state index is 13.2. The molecular formula is C25H25N3O5S. The average Bonchev–Trinajstić information content (AvgIpc) is 3.12. The Morgan fingerprint density at radius 3 is 2.50 bits per heavy atom. The van der Waals surface area contributed by atoms with Gasteiger partial charge in [-0.05, 0) is 30.3 Å². The molecule has 3 aromatic rings. The minimum atomic E-state index is -3.70. The van der Waals surface area contributed by atoms with Crippen LogP contribution in [0.3, 0.4) is 0 Å². The molecule has 3 heterocycles. The highest BCUT2D eigenvalue weighted by atomic mass is 32.2. The van der Waals surface area contributed by atoms with E-state index in [1.54, 1.807) is 23.1 Å². The summed E-state index contributed by atoms with van der Waals surface area (Å²) in [5.74, 6) is 0.835. The van der Waals surface area contributed by atoms with Gasteiger partial charge in [0.15, 0.2) is 11.5 Å². The number of pyridine rings is 1. The highest BCUT2D eigenvalue weighted by molar-refractivity contribution is 7.89. The summed E-state index contributed by atoms with van der Waals surface area (Å²) in [6.45, 7) is 2.12. The predicted molar refractivity (Wildman–Crippen MR) is 128 cm³/mol. The third kappa shape index (κ3) is 4.62. The maximum absolute atomic E-state index is 13.2. The molecule has 5 rings (SSSR count). The monoisotopic (exact) mass is 479 g/mol. The largest absolute Gasteiger partial charge is 0.490 e. The number of ether oxygens (including phenoxy) is 2. The number of piperazine rings is 1. The molecule has 0 N–H and O–H groups in total. The molecule has 2 aliphatic heterocycles. The van der Waals surface area contributed by atoms with E-state index >= 15 is 0 Å². The number of hydrogen-bond donors (Lipinski definition) is 0. The second-order valence-corrected chi connectivity index (χ2v) is 10.1. The van der Waals surface area contributed by atoms with Crippen molar-refractivity contribution in [2.75, 3.05) is 39.4 Å². The molecule has 0 unspecified atom stereocenters. The molecule has 9 heteroatoms. The highest BCUT2D eigenvalue weighted by Gasteiger charge is 2.30.